The van der Waals surface area contributed by atoms with Gasteiger partial charge in [0.2, 0.25) is 5.91 Å². The molecule has 0 aromatic carbocycles. The van der Waals surface area contributed by atoms with E-state index in [1.165, 1.54) is 0 Å². The molecule has 108 valence electrons. The molecule has 4 amide bonds. The van der Waals surface area contributed by atoms with Crippen LogP contribution in [0.1, 0.15) is 20.3 Å². The zero-order chi connectivity index (χ0) is 14.6. The van der Waals surface area contributed by atoms with Crippen LogP contribution < -0.4 is 10.6 Å². The lowest BCUT2D eigenvalue weighted by Crippen LogP contribution is -2.43. The summed E-state index contributed by atoms with van der Waals surface area (Å²) >= 11 is 0. The standard InChI is InChI=1S/C11H19N3O5/c1-11(2)9(18)14(10(19)13-11)4-3-8(17)12-7(5-15)6-16/h7,15-16H,3-6H2,1-2H3,(H,12,17)(H,13,19). The van der Waals surface area contributed by atoms with E-state index in [0.29, 0.717) is 0 Å². The van der Waals surface area contributed by atoms with Crippen molar-refractivity contribution in [2.45, 2.75) is 31.8 Å². The van der Waals surface area contributed by atoms with Gasteiger partial charge in [-0.1, -0.05) is 0 Å². The van der Waals surface area contributed by atoms with E-state index in [9.17, 15) is 14.4 Å². The fraction of sp³-hybridized carbons (Fsp3) is 0.727. The molecular formula is C11H19N3O5. The molecule has 0 radical (unpaired) electrons. The van der Waals surface area contributed by atoms with Gasteiger partial charge in [0.15, 0.2) is 0 Å². The predicted octanol–water partition coefficient (Wildman–Crippen LogP) is -1.82. The molecule has 8 heteroatoms. The monoisotopic (exact) mass is 273 g/mol. The van der Waals surface area contributed by atoms with Crippen molar-refractivity contribution < 1.29 is 24.6 Å². The first-order valence-electron chi connectivity index (χ1n) is 5.97. The van der Waals surface area contributed by atoms with Gasteiger partial charge >= 0.3 is 6.03 Å². The first-order valence-corrected chi connectivity index (χ1v) is 5.97. The average Bonchev–Trinajstić information content (AvgIpc) is 2.53. The summed E-state index contributed by atoms with van der Waals surface area (Å²) < 4.78 is 0. The lowest BCUT2D eigenvalue weighted by molar-refractivity contribution is -0.130. The van der Waals surface area contributed by atoms with E-state index in [1.54, 1.807) is 13.8 Å². The van der Waals surface area contributed by atoms with Gasteiger partial charge in [-0.25, -0.2) is 4.79 Å². The van der Waals surface area contributed by atoms with Crippen LogP contribution >= 0.6 is 0 Å². The van der Waals surface area contributed by atoms with Gasteiger partial charge in [0.05, 0.1) is 19.3 Å². The Labute approximate surface area is 110 Å². The van der Waals surface area contributed by atoms with E-state index in [4.69, 9.17) is 10.2 Å². The van der Waals surface area contributed by atoms with E-state index < -0.39 is 23.5 Å². The normalized spacial score (nSPS) is 17.8. The summed E-state index contributed by atoms with van der Waals surface area (Å²) in [6.45, 7) is 2.38. The maximum Gasteiger partial charge on any atom is 0.325 e. The van der Waals surface area contributed by atoms with Gasteiger partial charge in [0.1, 0.15) is 5.54 Å². The SMILES string of the molecule is CC1(C)NC(=O)N(CCC(=O)NC(CO)CO)C1=O. The highest BCUT2D eigenvalue weighted by molar-refractivity contribution is 6.06. The van der Waals surface area contributed by atoms with E-state index >= 15 is 0 Å². The topological polar surface area (TPSA) is 119 Å². The number of amides is 4. The Morgan fingerprint density at radius 3 is 2.37 bits per heavy atom. The second-order valence-corrected chi connectivity index (χ2v) is 4.89. The van der Waals surface area contributed by atoms with E-state index in [1.807, 2.05) is 0 Å². The molecule has 0 saturated carbocycles. The first kappa shape index (κ1) is 15.4. The molecule has 1 rings (SSSR count). The van der Waals surface area contributed by atoms with Crippen molar-refractivity contribution in [2.24, 2.45) is 0 Å². The Hall–Kier alpha value is -1.67. The highest BCUT2D eigenvalue weighted by Gasteiger charge is 2.43. The summed E-state index contributed by atoms with van der Waals surface area (Å²) in [5, 5.41) is 22.5. The average molecular weight is 273 g/mol. The van der Waals surface area contributed by atoms with Gasteiger partial charge in [0.25, 0.3) is 5.91 Å². The molecule has 0 aliphatic carbocycles. The minimum Gasteiger partial charge on any atom is -0.394 e. The highest BCUT2D eigenvalue weighted by Crippen LogP contribution is 2.16. The zero-order valence-corrected chi connectivity index (χ0v) is 11.0. The maximum absolute atomic E-state index is 11.8. The molecular weight excluding hydrogens is 254 g/mol. The molecule has 19 heavy (non-hydrogen) atoms. The number of hydrogen-bond donors (Lipinski definition) is 4. The van der Waals surface area contributed by atoms with Crippen molar-refractivity contribution in [1.29, 1.82) is 0 Å². The summed E-state index contributed by atoms with van der Waals surface area (Å²) in [4.78, 5) is 35.8. The number of nitrogens with one attached hydrogen (secondary N) is 2. The van der Waals surface area contributed by atoms with Gasteiger partial charge in [-0.05, 0) is 13.8 Å². The van der Waals surface area contributed by atoms with E-state index in [2.05, 4.69) is 10.6 Å². The Morgan fingerprint density at radius 1 is 1.37 bits per heavy atom. The molecule has 1 aliphatic heterocycles. The summed E-state index contributed by atoms with van der Waals surface area (Å²) in [5.41, 5.74) is -0.952. The molecule has 1 aliphatic rings. The van der Waals surface area contributed by atoms with Crippen LogP contribution in [-0.4, -0.2) is 64.3 Å². The molecule has 1 fully saturated rings. The number of nitrogens with zero attached hydrogens (tertiary/aromatic N) is 1. The number of rotatable bonds is 6. The molecule has 0 aromatic rings. The molecule has 0 aromatic heterocycles. The van der Waals surface area contributed by atoms with Crippen molar-refractivity contribution in [2.75, 3.05) is 19.8 Å². The Kier molecular flexibility index (Phi) is 4.84. The highest BCUT2D eigenvalue weighted by atomic mass is 16.3. The number of aliphatic hydroxyl groups is 2. The van der Waals surface area contributed by atoms with Crippen LogP contribution in [-0.2, 0) is 9.59 Å². The third-order valence-electron chi connectivity index (χ3n) is 2.81. The zero-order valence-electron chi connectivity index (χ0n) is 11.0. The fourth-order valence-electron chi connectivity index (χ4n) is 1.68. The molecule has 4 N–H and O–H groups in total. The van der Waals surface area contributed by atoms with Crippen LogP contribution in [0.2, 0.25) is 0 Å². The quantitative estimate of drug-likeness (QED) is 0.425. The molecule has 1 heterocycles. The Balaban J connectivity index is 2.47. The van der Waals surface area contributed by atoms with Gasteiger partial charge in [0, 0.05) is 13.0 Å². The molecule has 1 saturated heterocycles. The summed E-state index contributed by atoms with van der Waals surface area (Å²) in [5.74, 6) is -0.829. The van der Waals surface area contributed by atoms with E-state index in [-0.39, 0.29) is 32.1 Å². The van der Waals surface area contributed by atoms with Gasteiger partial charge in [-0.2, -0.15) is 0 Å². The third-order valence-corrected chi connectivity index (χ3v) is 2.81. The van der Waals surface area contributed by atoms with Crippen LogP contribution in [0, 0.1) is 0 Å². The second kappa shape index (κ2) is 5.98. The number of carbonyl (C=O) groups excluding carboxylic acids is 3. The smallest absolute Gasteiger partial charge is 0.325 e. The predicted molar refractivity (Wildman–Crippen MR) is 65.0 cm³/mol. The van der Waals surface area contributed by atoms with Crippen LogP contribution in [0.3, 0.4) is 0 Å². The number of imide groups is 1. The number of aliphatic hydroxyl groups excluding tert-OH is 2. The molecule has 0 bridgehead atoms. The second-order valence-electron chi connectivity index (χ2n) is 4.89. The maximum atomic E-state index is 11.8. The third kappa shape index (κ3) is 3.65. The van der Waals surface area contributed by atoms with Crippen molar-refractivity contribution in [1.82, 2.24) is 15.5 Å². The minimum absolute atomic E-state index is 0.0382. The molecule has 0 atom stereocenters. The number of hydrogen-bond acceptors (Lipinski definition) is 5. The van der Waals surface area contributed by atoms with Crippen molar-refractivity contribution in [3.63, 3.8) is 0 Å². The van der Waals surface area contributed by atoms with E-state index in [0.717, 1.165) is 4.90 Å². The minimum atomic E-state index is -0.952. The first-order chi connectivity index (χ1) is 8.81. The van der Waals surface area contributed by atoms with Gasteiger partial charge < -0.3 is 20.8 Å². The van der Waals surface area contributed by atoms with Gasteiger partial charge in [-0.3, -0.25) is 14.5 Å². The largest absolute Gasteiger partial charge is 0.394 e. The number of urea groups is 1. The van der Waals surface area contributed by atoms with Crippen LogP contribution in [0.15, 0.2) is 0 Å². The Morgan fingerprint density at radius 2 is 1.95 bits per heavy atom. The molecule has 0 unspecified atom stereocenters. The molecule has 0 spiro atoms. The fourth-order valence-corrected chi connectivity index (χ4v) is 1.68. The summed E-state index contributed by atoms with van der Waals surface area (Å²) in [6, 6.07) is -1.25. The van der Waals surface area contributed by atoms with Crippen LogP contribution in [0.4, 0.5) is 4.79 Å². The van der Waals surface area contributed by atoms with Gasteiger partial charge in [-0.15, -0.1) is 0 Å². The Bertz CT molecular complexity index is 379. The summed E-state index contributed by atoms with van der Waals surface area (Å²) in [6.07, 6.45) is -0.0776. The lowest BCUT2D eigenvalue weighted by Gasteiger charge is -2.17. The van der Waals surface area contributed by atoms with Crippen molar-refractivity contribution in [3.05, 3.63) is 0 Å². The summed E-state index contributed by atoms with van der Waals surface area (Å²) in [7, 11) is 0. The van der Waals surface area contributed by atoms with Crippen molar-refractivity contribution in [3.8, 4) is 0 Å². The van der Waals surface area contributed by atoms with Crippen LogP contribution in [0.5, 0.6) is 0 Å². The lowest BCUT2D eigenvalue weighted by atomic mass is 10.1. The van der Waals surface area contributed by atoms with Crippen molar-refractivity contribution >= 4 is 17.8 Å². The van der Waals surface area contributed by atoms with Crippen LogP contribution in [0.25, 0.3) is 0 Å². The number of carbonyl (C=O) groups is 3. The molecule has 8 nitrogen and oxygen atoms in total.